The molecule has 0 radical (unpaired) electrons. The Morgan fingerprint density at radius 3 is 2.77 bits per heavy atom. The highest BCUT2D eigenvalue weighted by Gasteiger charge is 2.43. The van der Waals surface area contributed by atoms with Crippen molar-refractivity contribution in [1.82, 2.24) is 0 Å². The van der Waals surface area contributed by atoms with Gasteiger partial charge in [0.05, 0.1) is 25.4 Å². The molecule has 7 atom stereocenters. The van der Waals surface area contributed by atoms with Gasteiger partial charge >= 0.3 is 5.97 Å². The molecular formula is C25H32ClFO8. The first-order chi connectivity index (χ1) is 16.7. The maximum absolute atomic E-state index is 13.4. The summed E-state index contributed by atoms with van der Waals surface area (Å²) in [6, 6.07) is 3.78. The van der Waals surface area contributed by atoms with E-state index in [1.54, 1.807) is 19.1 Å². The van der Waals surface area contributed by atoms with Crippen LogP contribution in [-0.4, -0.2) is 71.3 Å². The summed E-state index contributed by atoms with van der Waals surface area (Å²) in [6.07, 6.45) is 2.04. The number of carbonyl (C=O) groups excluding carboxylic acids is 1. The summed E-state index contributed by atoms with van der Waals surface area (Å²) in [5.74, 6) is -2.36. The molecule has 1 unspecified atom stereocenters. The van der Waals surface area contributed by atoms with E-state index in [1.165, 1.54) is 12.1 Å². The van der Waals surface area contributed by atoms with Crippen LogP contribution >= 0.6 is 11.6 Å². The van der Waals surface area contributed by atoms with Crippen molar-refractivity contribution in [2.75, 3.05) is 19.8 Å². The van der Waals surface area contributed by atoms with Crippen LogP contribution in [0.2, 0.25) is 5.02 Å². The summed E-state index contributed by atoms with van der Waals surface area (Å²) in [5.41, 5.74) is 0. The Labute approximate surface area is 208 Å². The van der Waals surface area contributed by atoms with Gasteiger partial charge in [0.1, 0.15) is 24.3 Å². The van der Waals surface area contributed by atoms with Crippen LogP contribution in [0.3, 0.4) is 0 Å². The van der Waals surface area contributed by atoms with Crippen molar-refractivity contribution < 1.29 is 43.5 Å². The molecule has 8 nitrogen and oxygen atoms in total. The van der Waals surface area contributed by atoms with E-state index in [0.717, 1.165) is 12.5 Å². The Balaban J connectivity index is 1.52. The molecule has 1 saturated heterocycles. The Hall–Kier alpha value is -2.04. The van der Waals surface area contributed by atoms with Gasteiger partial charge in [0.2, 0.25) is 6.10 Å². The molecule has 2 aliphatic rings. The summed E-state index contributed by atoms with van der Waals surface area (Å²) in [6.45, 7) is 1.94. The highest BCUT2D eigenvalue weighted by atomic mass is 35.5. The van der Waals surface area contributed by atoms with Gasteiger partial charge in [-0.1, -0.05) is 30.7 Å². The second-order valence-electron chi connectivity index (χ2n) is 9.10. The molecule has 0 aromatic heterocycles. The van der Waals surface area contributed by atoms with E-state index in [0.29, 0.717) is 19.4 Å². The first kappa shape index (κ1) is 27.5. The maximum Gasteiger partial charge on any atom is 0.340 e. The molecule has 0 amide bonds. The van der Waals surface area contributed by atoms with Gasteiger partial charge in [-0.05, 0) is 30.9 Å². The van der Waals surface area contributed by atoms with Gasteiger partial charge in [0, 0.05) is 35.8 Å². The van der Waals surface area contributed by atoms with E-state index in [2.05, 4.69) is 0 Å². The largest absolute Gasteiger partial charge is 0.490 e. The number of carbonyl (C=O) groups is 2. The Kier molecular flexibility index (Phi) is 10.1. The lowest BCUT2D eigenvalue weighted by molar-refractivity contribution is -0.157. The molecule has 1 heterocycles. The molecule has 1 saturated carbocycles. The molecule has 0 spiro atoms. The summed E-state index contributed by atoms with van der Waals surface area (Å²) in [5, 5.41) is 30.2. The van der Waals surface area contributed by atoms with Crippen LogP contribution in [0.4, 0.5) is 4.39 Å². The fraction of sp³-hybridized carbons (Fsp3) is 0.600. The first-order valence-corrected chi connectivity index (χ1v) is 12.2. The molecule has 1 aliphatic heterocycles. The maximum atomic E-state index is 13.4. The second-order valence-corrected chi connectivity index (χ2v) is 9.54. The minimum Gasteiger partial charge on any atom is -0.490 e. The number of carboxylic acid groups (broad SMARTS) is 1. The van der Waals surface area contributed by atoms with E-state index in [9.17, 15) is 29.3 Å². The average molecular weight is 515 g/mol. The SMILES string of the molecule is CCC(=O)C(OC[C@@H]1CC[C@@H]2[C@@H](/C=C/[C@@H](O)COc3cc(F)cc(Cl)c3)[C@H](O)C[C@@H]2OC1)C(=O)O. The quantitative estimate of drug-likeness (QED) is 0.304. The molecule has 3 N–H and O–H groups in total. The van der Waals surface area contributed by atoms with Gasteiger partial charge in [-0.2, -0.15) is 0 Å². The number of fused-ring (bicyclic) bond motifs is 1. The molecule has 194 valence electrons. The molecule has 10 heteroatoms. The fourth-order valence-corrected chi connectivity index (χ4v) is 4.88. The van der Waals surface area contributed by atoms with Crippen LogP contribution in [0, 0.1) is 23.6 Å². The number of hydrogen-bond donors (Lipinski definition) is 3. The monoisotopic (exact) mass is 514 g/mol. The number of aliphatic hydroxyl groups is 2. The van der Waals surface area contributed by atoms with Gasteiger partial charge in [0.15, 0.2) is 5.78 Å². The third-order valence-electron chi connectivity index (χ3n) is 6.52. The summed E-state index contributed by atoms with van der Waals surface area (Å²) in [4.78, 5) is 23.1. The standard InChI is InChI=1S/C25H32ClFO8/c1-2-21(29)24(25(31)32)35-12-14-3-5-20-19(22(30)10-23(20)34-11-14)6-4-17(28)13-33-18-8-15(26)7-16(27)9-18/h4,6-9,14,17,19-20,22-24,28,30H,2-3,5,10-13H2,1H3,(H,31,32)/b6-4+/t14-,17-,19-,20-,22-,23+,24?/m1/s1. The van der Waals surface area contributed by atoms with Crippen LogP contribution in [0.25, 0.3) is 0 Å². The van der Waals surface area contributed by atoms with Gasteiger partial charge in [-0.15, -0.1) is 0 Å². The number of aliphatic hydroxyl groups excluding tert-OH is 2. The number of hydrogen-bond acceptors (Lipinski definition) is 7. The number of rotatable bonds is 11. The Morgan fingerprint density at radius 2 is 2.09 bits per heavy atom. The average Bonchev–Trinajstić information content (AvgIpc) is 2.96. The minimum atomic E-state index is -1.47. The molecule has 0 bridgehead atoms. The minimum absolute atomic E-state index is 0.0222. The van der Waals surface area contributed by atoms with Crippen molar-refractivity contribution in [2.24, 2.45) is 17.8 Å². The smallest absolute Gasteiger partial charge is 0.340 e. The molecule has 2 fully saturated rings. The lowest BCUT2D eigenvalue weighted by Gasteiger charge is -2.21. The molecule has 35 heavy (non-hydrogen) atoms. The predicted molar refractivity (Wildman–Crippen MR) is 125 cm³/mol. The number of benzene rings is 1. The topological polar surface area (TPSA) is 123 Å². The summed E-state index contributed by atoms with van der Waals surface area (Å²) in [7, 11) is 0. The van der Waals surface area contributed by atoms with Crippen molar-refractivity contribution in [3.05, 3.63) is 41.2 Å². The highest BCUT2D eigenvalue weighted by Crippen LogP contribution is 2.41. The van der Waals surface area contributed by atoms with Crippen LogP contribution in [-0.2, 0) is 19.1 Å². The lowest BCUT2D eigenvalue weighted by atomic mass is 9.87. The zero-order valence-electron chi connectivity index (χ0n) is 19.5. The van der Waals surface area contributed by atoms with Gasteiger partial charge < -0.3 is 29.5 Å². The zero-order valence-corrected chi connectivity index (χ0v) is 20.3. The number of ether oxygens (including phenoxy) is 3. The summed E-state index contributed by atoms with van der Waals surface area (Å²) < 4.78 is 30.2. The van der Waals surface area contributed by atoms with Gasteiger partial charge in [0.25, 0.3) is 0 Å². The molecular weight excluding hydrogens is 483 g/mol. The van der Waals surface area contributed by atoms with Crippen LogP contribution in [0.1, 0.15) is 32.6 Å². The Morgan fingerprint density at radius 1 is 1.31 bits per heavy atom. The summed E-state index contributed by atoms with van der Waals surface area (Å²) >= 11 is 5.80. The van der Waals surface area contributed by atoms with E-state index >= 15 is 0 Å². The van der Waals surface area contributed by atoms with Crippen molar-refractivity contribution in [3.63, 3.8) is 0 Å². The number of aliphatic carboxylic acids is 1. The van der Waals surface area contributed by atoms with Crippen molar-refractivity contribution in [1.29, 1.82) is 0 Å². The van der Waals surface area contributed by atoms with Crippen LogP contribution in [0.5, 0.6) is 5.75 Å². The normalized spacial score (nSPS) is 28.3. The van der Waals surface area contributed by atoms with E-state index < -0.39 is 35.9 Å². The lowest BCUT2D eigenvalue weighted by Crippen LogP contribution is -2.34. The first-order valence-electron chi connectivity index (χ1n) is 11.8. The van der Waals surface area contributed by atoms with Crippen molar-refractivity contribution in [2.45, 2.75) is 57.0 Å². The van der Waals surface area contributed by atoms with E-state index in [-0.39, 0.29) is 54.3 Å². The van der Waals surface area contributed by atoms with Crippen molar-refractivity contribution >= 4 is 23.4 Å². The zero-order chi connectivity index (χ0) is 25.5. The van der Waals surface area contributed by atoms with E-state index in [1.807, 2.05) is 0 Å². The third kappa shape index (κ3) is 7.72. The molecule has 1 aromatic carbocycles. The van der Waals surface area contributed by atoms with Crippen LogP contribution < -0.4 is 4.74 Å². The Bertz CT molecular complexity index is 889. The second kappa shape index (κ2) is 12.8. The van der Waals surface area contributed by atoms with E-state index in [4.69, 9.17) is 25.8 Å². The number of carboxylic acids is 1. The molecule has 3 rings (SSSR count). The molecule has 1 aromatic rings. The number of ketones is 1. The van der Waals surface area contributed by atoms with Gasteiger partial charge in [-0.25, -0.2) is 9.18 Å². The number of Topliss-reactive ketones (excluding diaryl/α,β-unsaturated/α-hetero) is 1. The van der Waals surface area contributed by atoms with Crippen LogP contribution in [0.15, 0.2) is 30.4 Å². The number of halogens is 2. The van der Waals surface area contributed by atoms with Crippen molar-refractivity contribution in [3.8, 4) is 5.75 Å². The predicted octanol–water partition coefficient (Wildman–Crippen LogP) is 3.02. The van der Waals surface area contributed by atoms with Gasteiger partial charge in [-0.3, -0.25) is 4.79 Å². The fourth-order valence-electron chi connectivity index (χ4n) is 4.67. The third-order valence-corrected chi connectivity index (χ3v) is 6.74. The molecule has 1 aliphatic carbocycles. The highest BCUT2D eigenvalue weighted by molar-refractivity contribution is 6.30.